The van der Waals surface area contributed by atoms with Crippen LogP contribution in [-0.2, 0) is 0 Å². The van der Waals surface area contributed by atoms with Crippen LogP contribution in [0.2, 0.25) is 0 Å². The number of nitrogens with zero attached hydrogens (tertiary/aromatic N) is 1. The van der Waals surface area contributed by atoms with E-state index in [4.69, 9.17) is 0 Å². The molecule has 0 saturated carbocycles. The molecule has 0 aliphatic heterocycles. The van der Waals surface area contributed by atoms with Crippen LogP contribution in [-0.4, -0.2) is 26.0 Å². The maximum atomic E-state index is 11.9. The number of anilines is 1. The largest absolute Gasteiger partial charge is 0.378 e. The van der Waals surface area contributed by atoms with Crippen molar-refractivity contribution in [2.24, 2.45) is 5.92 Å². The summed E-state index contributed by atoms with van der Waals surface area (Å²) in [5.41, 5.74) is 7.47. The number of rotatable bonds is 5. The van der Waals surface area contributed by atoms with E-state index in [2.05, 4.69) is 24.7 Å². The van der Waals surface area contributed by atoms with Crippen molar-refractivity contribution in [2.45, 2.75) is 26.8 Å². The van der Waals surface area contributed by atoms with E-state index in [-0.39, 0.29) is 11.9 Å². The minimum atomic E-state index is -0.104. The summed E-state index contributed by atoms with van der Waals surface area (Å²) in [6.07, 6.45) is 0. The van der Waals surface area contributed by atoms with Crippen molar-refractivity contribution in [3.63, 3.8) is 0 Å². The number of carbonyl (C=O) groups excluding carboxylic acids is 1. The van der Waals surface area contributed by atoms with Gasteiger partial charge in [-0.25, -0.2) is 5.43 Å². The summed E-state index contributed by atoms with van der Waals surface area (Å²) in [5, 5.41) is 0. The molecule has 0 bridgehead atoms. The Kier molecular flexibility index (Phi) is 5.16. The second-order valence-electron chi connectivity index (χ2n) is 5.07. The van der Waals surface area contributed by atoms with Gasteiger partial charge in [0.2, 0.25) is 0 Å². The molecule has 4 nitrogen and oxygen atoms in total. The Morgan fingerprint density at radius 2 is 1.67 bits per heavy atom. The van der Waals surface area contributed by atoms with Gasteiger partial charge in [0.1, 0.15) is 0 Å². The smallest absolute Gasteiger partial charge is 0.265 e. The molecule has 2 N–H and O–H groups in total. The van der Waals surface area contributed by atoms with Gasteiger partial charge in [0, 0.05) is 31.4 Å². The van der Waals surface area contributed by atoms with Crippen molar-refractivity contribution in [1.82, 2.24) is 10.9 Å². The fourth-order valence-electron chi connectivity index (χ4n) is 1.33. The van der Waals surface area contributed by atoms with Crippen LogP contribution in [0.1, 0.15) is 31.1 Å². The number of nitrogens with one attached hydrogen (secondary N) is 2. The van der Waals surface area contributed by atoms with E-state index in [1.807, 2.05) is 50.2 Å². The number of hydrazine groups is 1. The summed E-state index contributed by atoms with van der Waals surface area (Å²) in [7, 11) is 3.95. The van der Waals surface area contributed by atoms with Crippen molar-refractivity contribution in [2.75, 3.05) is 19.0 Å². The molecule has 0 fully saturated rings. The molecule has 1 amide bonds. The standard InChI is InChI=1S/C14H23N3O/c1-10(2)11(3)15-16-14(18)12-6-8-13(9-7-12)17(4)5/h6-11,15H,1-5H3,(H,16,18). The molecule has 100 valence electrons. The van der Waals surface area contributed by atoms with Gasteiger partial charge in [-0.1, -0.05) is 13.8 Å². The summed E-state index contributed by atoms with van der Waals surface area (Å²) in [6.45, 7) is 6.26. The highest BCUT2D eigenvalue weighted by atomic mass is 16.2. The van der Waals surface area contributed by atoms with Crippen LogP contribution in [0.15, 0.2) is 24.3 Å². The van der Waals surface area contributed by atoms with Gasteiger partial charge in [-0.05, 0) is 37.1 Å². The zero-order chi connectivity index (χ0) is 13.7. The first kappa shape index (κ1) is 14.5. The molecule has 1 rings (SSSR count). The molecule has 0 aromatic heterocycles. The summed E-state index contributed by atoms with van der Waals surface area (Å²) in [4.78, 5) is 13.9. The molecule has 1 aromatic carbocycles. The molecule has 0 aliphatic carbocycles. The summed E-state index contributed by atoms with van der Waals surface area (Å²) < 4.78 is 0. The molecular formula is C14H23N3O. The van der Waals surface area contributed by atoms with E-state index in [0.29, 0.717) is 11.5 Å². The molecule has 0 heterocycles. The third kappa shape index (κ3) is 4.04. The predicted octanol–water partition coefficient (Wildman–Crippen LogP) is 2.03. The van der Waals surface area contributed by atoms with Crippen LogP contribution in [0.3, 0.4) is 0 Å². The number of hydrogen-bond acceptors (Lipinski definition) is 3. The first-order valence-electron chi connectivity index (χ1n) is 6.25. The second-order valence-corrected chi connectivity index (χ2v) is 5.07. The Balaban J connectivity index is 2.57. The van der Waals surface area contributed by atoms with Gasteiger partial charge < -0.3 is 4.90 Å². The van der Waals surface area contributed by atoms with Crippen LogP contribution in [0.25, 0.3) is 0 Å². The molecular weight excluding hydrogens is 226 g/mol. The minimum absolute atomic E-state index is 0.104. The number of benzene rings is 1. The Bertz CT molecular complexity index is 385. The van der Waals surface area contributed by atoms with Gasteiger partial charge in [-0.2, -0.15) is 0 Å². The minimum Gasteiger partial charge on any atom is -0.378 e. The fourth-order valence-corrected chi connectivity index (χ4v) is 1.33. The predicted molar refractivity (Wildman–Crippen MR) is 75.7 cm³/mol. The molecule has 0 spiro atoms. The van der Waals surface area contributed by atoms with Crippen LogP contribution in [0, 0.1) is 5.92 Å². The average molecular weight is 249 g/mol. The van der Waals surface area contributed by atoms with Gasteiger partial charge in [0.25, 0.3) is 5.91 Å². The quantitative estimate of drug-likeness (QED) is 0.785. The van der Waals surface area contributed by atoms with Crippen molar-refractivity contribution in [3.8, 4) is 0 Å². The lowest BCUT2D eigenvalue weighted by molar-refractivity contribution is 0.0922. The number of carbonyl (C=O) groups is 1. The van der Waals surface area contributed by atoms with Crippen LogP contribution >= 0.6 is 0 Å². The average Bonchev–Trinajstić information content (AvgIpc) is 2.35. The summed E-state index contributed by atoms with van der Waals surface area (Å²) in [5.74, 6) is 0.370. The maximum absolute atomic E-state index is 11.9. The first-order valence-corrected chi connectivity index (χ1v) is 6.25. The molecule has 1 unspecified atom stereocenters. The van der Waals surface area contributed by atoms with Gasteiger partial charge in [0.15, 0.2) is 0 Å². The van der Waals surface area contributed by atoms with Gasteiger partial charge in [0.05, 0.1) is 0 Å². The highest BCUT2D eigenvalue weighted by Gasteiger charge is 2.09. The zero-order valence-electron chi connectivity index (χ0n) is 11.8. The van der Waals surface area contributed by atoms with Crippen LogP contribution in [0.5, 0.6) is 0 Å². The molecule has 0 aliphatic rings. The normalized spacial score (nSPS) is 12.3. The van der Waals surface area contributed by atoms with Crippen LogP contribution < -0.4 is 15.8 Å². The third-order valence-corrected chi connectivity index (χ3v) is 3.06. The fraction of sp³-hybridized carbons (Fsp3) is 0.500. The topological polar surface area (TPSA) is 44.4 Å². The van der Waals surface area contributed by atoms with E-state index in [1.54, 1.807) is 0 Å². The Morgan fingerprint density at radius 3 is 2.11 bits per heavy atom. The Morgan fingerprint density at radius 1 is 1.11 bits per heavy atom. The lowest BCUT2D eigenvalue weighted by atomic mass is 10.1. The van der Waals surface area contributed by atoms with Crippen LogP contribution in [0.4, 0.5) is 5.69 Å². The number of hydrogen-bond donors (Lipinski definition) is 2. The van der Waals surface area contributed by atoms with Gasteiger partial charge in [-0.15, -0.1) is 0 Å². The molecule has 4 heteroatoms. The van der Waals surface area contributed by atoms with Crippen molar-refractivity contribution in [3.05, 3.63) is 29.8 Å². The second kappa shape index (κ2) is 6.40. The zero-order valence-corrected chi connectivity index (χ0v) is 11.8. The molecule has 0 radical (unpaired) electrons. The SMILES string of the molecule is CC(C)C(C)NNC(=O)c1ccc(N(C)C)cc1. The lowest BCUT2D eigenvalue weighted by Gasteiger charge is -2.18. The lowest BCUT2D eigenvalue weighted by Crippen LogP contribution is -2.45. The number of amides is 1. The Labute approximate surface area is 109 Å². The highest BCUT2D eigenvalue weighted by Crippen LogP contribution is 2.11. The Hall–Kier alpha value is -1.55. The summed E-state index contributed by atoms with van der Waals surface area (Å²) >= 11 is 0. The molecule has 18 heavy (non-hydrogen) atoms. The maximum Gasteiger partial charge on any atom is 0.265 e. The van der Waals surface area contributed by atoms with E-state index < -0.39 is 0 Å². The van der Waals surface area contributed by atoms with Crippen molar-refractivity contribution >= 4 is 11.6 Å². The summed E-state index contributed by atoms with van der Waals surface area (Å²) in [6, 6.07) is 7.76. The van der Waals surface area contributed by atoms with Crippen molar-refractivity contribution in [1.29, 1.82) is 0 Å². The monoisotopic (exact) mass is 249 g/mol. The van der Waals surface area contributed by atoms with E-state index in [1.165, 1.54) is 0 Å². The van der Waals surface area contributed by atoms with E-state index in [9.17, 15) is 4.79 Å². The third-order valence-electron chi connectivity index (χ3n) is 3.06. The van der Waals surface area contributed by atoms with E-state index >= 15 is 0 Å². The molecule has 1 aromatic rings. The first-order chi connectivity index (χ1) is 8.41. The van der Waals surface area contributed by atoms with E-state index in [0.717, 1.165) is 5.69 Å². The van der Waals surface area contributed by atoms with Gasteiger partial charge in [-0.3, -0.25) is 10.2 Å². The molecule has 1 atom stereocenters. The highest BCUT2D eigenvalue weighted by molar-refractivity contribution is 5.94. The van der Waals surface area contributed by atoms with Gasteiger partial charge >= 0.3 is 0 Å². The van der Waals surface area contributed by atoms with Crippen molar-refractivity contribution < 1.29 is 4.79 Å². The molecule has 0 saturated heterocycles.